The number of carbonyl (C=O) groups excluding carboxylic acids is 2. The van der Waals surface area contributed by atoms with Gasteiger partial charge in [0.25, 0.3) is 0 Å². The molecule has 10 heteroatoms. The Balaban J connectivity index is 1.51. The maximum Gasteiger partial charge on any atom is 0.337 e. The van der Waals surface area contributed by atoms with E-state index in [4.69, 9.17) is 25.5 Å². The molecule has 2 N–H and O–H groups in total. The van der Waals surface area contributed by atoms with Gasteiger partial charge in [0, 0.05) is 6.54 Å². The molecule has 1 fully saturated rings. The van der Waals surface area contributed by atoms with Gasteiger partial charge in [-0.3, -0.25) is 4.79 Å². The maximum absolute atomic E-state index is 14.2. The number of aromatic nitrogens is 1. The highest BCUT2D eigenvalue weighted by Gasteiger charge is 2.40. The molecule has 0 bridgehead atoms. The minimum Gasteiger partial charge on any atom is -0.481 e. The number of halogens is 2. The van der Waals surface area contributed by atoms with E-state index in [-0.39, 0.29) is 18.7 Å². The molecule has 0 spiro atoms. The largest absolute Gasteiger partial charge is 0.481 e. The molecule has 0 radical (unpaired) electrons. The first-order valence-corrected chi connectivity index (χ1v) is 12.4. The number of rotatable bonds is 9. The first-order chi connectivity index (χ1) is 18.4. The smallest absolute Gasteiger partial charge is 0.337 e. The summed E-state index contributed by atoms with van der Waals surface area (Å²) in [4.78, 5) is 30.2. The Labute approximate surface area is 223 Å². The number of ketones is 1. The number of anilines is 1. The van der Waals surface area contributed by atoms with E-state index < -0.39 is 30.3 Å². The van der Waals surface area contributed by atoms with Gasteiger partial charge in [-0.15, -0.1) is 0 Å². The van der Waals surface area contributed by atoms with E-state index in [1.54, 1.807) is 66.7 Å². The number of carbonyl (C=O) groups is 2. The van der Waals surface area contributed by atoms with Crippen LogP contribution in [0.2, 0.25) is 5.02 Å². The van der Waals surface area contributed by atoms with Gasteiger partial charge in [0.2, 0.25) is 5.78 Å². The van der Waals surface area contributed by atoms with Crippen LogP contribution in [-0.4, -0.2) is 48.7 Å². The average Bonchev–Trinajstić information content (AvgIpc) is 3.59. The van der Waals surface area contributed by atoms with E-state index in [1.165, 1.54) is 13.5 Å². The third-order valence-corrected chi connectivity index (χ3v) is 6.77. The van der Waals surface area contributed by atoms with Crippen molar-refractivity contribution < 1.29 is 27.9 Å². The van der Waals surface area contributed by atoms with Gasteiger partial charge in [0.15, 0.2) is 18.1 Å². The van der Waals surface area contributed by atoms with Crippen molar-refractivity contribution in [2.75, 3.05) is 19.0 Å². The molecular weight excluding hydrogens is 513 g/mol. The van der Waals surface area contributed by atoms with Crippen molar-refractivity contribution in [1.29, 1.82) is 0 Å². The van der Waals surface area contributed by atoms with Crippen molar-refractivity contribution in [2.45, 2.75) is 30.8 Å². The van der Waals surface area contributed by atoms with Crippen LogP contribution in [0.5, 0.6) is 5.75 Å². The fraction of sp³-hybridized carbons (Fsp3) is 0.250. The topological polar surface area (TPSA) is 103 Å². The lowest BCUT2D eigenvalue weighted by atomic mass is 9.93. The highest BCUT2D eigenvalue weighted by atomic mass is 35.5. The van der Waals surface area contributed by atoms with Gasteiger partial charge in [-0.2, -0.15) is 0 Å². The Hall–Kier alpha value is -3.95. The van der Waals surface area contributed by atoms with Crippen molar-refractivity contribution in [2.24, 2.45) is 0 Å². The minimum absolute atomic E-state index is 0.108. The Kier molecular flexibility index (Phi) is 7.57. The molecule has 2 heterocycles. The molecule has 0 amide bonds. The number of Topliss-reactive ketones (excluding diaryl/α,β-unsaturated/α-hetero) is 1. The number of fused-ring (bicyclic) bond motifs is 1. The number of para-hydroxylation sites is 1. The highest BCUT2D eigenvalue weighted by Crippen LogP contribution is 2.31. The van der Waals surface area contributed by atoms with Gasteiger partial charge in [-0.1, -0.05) is 29.8 Å². The summed E-state index contributed by atoms with van der Waals surface area (Å²) in [5, 5.41) is 6.76. The van der Waals surface area contributed by atoms with E-state index in [2.05, 4.69) is 15.6 Å². The molecule has 4 aromatic rings. The Morgan fingerprint density at radius 2 is 1.95 bits per heavy atom. The molecule has 196 valence electrons. The quantitative estimate of drug-likeness (QED) is 0.283. The fourth-order valence-electron chi connectivity index (χ4n) is 4.49. The maximum atomic E-state index is 14.2. The molecular formula is C28H25ClFN3O5. The first kappa shape index (κ1) is 25.7. The van der Waals surface area contributed by atoms with E-state index in [0.29, 0.717) is 38.7 Å². The average molecular weight is 538 g/mol. The molecule has 0 aliphatic carbocycles. The molecule has 38 heavy (non-hydrogen) atoms. The van der Waals surface area contributed by atoms with Crippen molar-refractivity contribution in [1.82, 2.24) is 10.3 Å². The number of hydrogen-bond acceptors (Lipinski definition) is 8. The van der Waals surface area contributed by atoms with Crippen LogP contribution in [0.25, 0.3) is 11.1 Å². The van der Waals surface area contributed by atoms with Gasteiger partial charge >= 0.3 is 5.97 Å². The summed E-state index contributed by atoms with van der Waals surface area (Å²) in [7, 11) is 1.29. The Bertz CT molecular complexity index is 1440. The van der Waals surface area contributed by atoms with E-state index in [0.717, 1.165) is 0 Å². The lowest BCUT2D eigenvalue weighted by molar-refractivity contribution is -0.127. The predicted octanol–water partition coefficient (Wildman–Crippen LogP) is 5.14. The SMILES string of the molecule is COC(=O)c1ccc(OC(C(=O)C(Nc2ccccc2Cl)c2ccc3ncoc3c2)[C@@H]2C[C@H](F)CN2)cc1. The van der Waals surface area contributed by atoms with E-state index >= 15 is 0 Å². The van der Waals surface area contributed by atoms with Crippen molar-refractivity contribution >= 4 is 40.1 Å². The second-order valence-corrected chi connectivity index (χ2v) is 9.35. The van der Waals surface area contributed by atoms with Gasteiger partial charge in [-0.05, 0) is 60.5 Å². The number of esters is 1. The summed E-state index contributed by atoms with van der Waals surface area (Å²) >= 11 is 6.41. The summed E-state index contributed by atoms with van der Waals surface area (Å²) < 4.78 is 30.6. The van der Waals surface area contributed by atoms with Crippen LogP contribution in [-0.2, 0) is 9.53 Å². The van der Waals surface area contributed by atoms with Crippen LogP contribution in [0.3, 0.4) is 0 Å². The molecule has 3 aromatic carbocycles. The normalized spacial score (nSPS) is 18.6. The van der Waals surface area contributed by atoms with Crippen molar-refractivity contribution in [3.63, 3.8) is 0 Å². The third kappa shape index (κ3) is 5.49. The summed E-state index contributed by atoms with van der Waals surface area (Å²) in [6.07, 6.45) is -0.733. The zero-order valence-corrected chi connectivity index (χ0v) is 21.2. The van der Waals surface area contributed by atoms with Crippen LogP contribution in [0.15, 0.2) is 77.5 Å². The highest BCUT2D eigenvalue weighted by molar-refractivity contribution is 6.33. The number of hydrogen-bond donors (Lipinski definition) is 2. The standard InChI is InChI=1S/C28H25ClFN3O5/c1-36-28(35)16-6-9-19(10-7-16)38-27(23-13-18(30)14-31-23)26(34)25(33-21-5-3-2-4-20(21)29)17-8-11-22-24(12-17)37-15-32-22/h2-12,15,18,23,25,27,31,33H,13-14H2,1H3/t18-,23-,25?,27?/m0/s1. The lowest BCUT2D eigenvalue weighted by Gasteiger charge is -2.29. The summed E-state index contributed by atoms with van der Waals surface area (Å²) in [6.45, 7) is 0.117. The summed E-state index contributed by atoms with van der Waals surface area (Å²) in [5.74, 6) is -0.483. The summed E-state index contributed by atoms with van der Waals surface area (Å²) in [5.41, 5.74) is 2.65. The number of methoxy groups -OCH3 is 1. The number of nitrogens with one attached hydrogen (secondary N) is 2. The number of benzene rings is 3. The second-order valence-electron chi connectivity index (χ2n) is 8.94. The predicted molar refractivity (Wildman–Crippen MR) is 140 cm³/mol. The molecule has 1 aliphatic rings. The Morgan fingerprint density at radius 1 is 1.16 bits per heavy atom. The fourth-order valence-corrected chi connectivity index (χ4v) is 4.68. The molecule has 1 aromatic heterocycles. The molecule has 2 unspecified atom stereocenters. The third-order valence-electron chi connectivity index (χ3n) is 6.44. The second kappa shape index (κ2) is 11.2. The van der Waals surface area contributed by atoms with Crippen LogP contribution in [0.4, 0.5) is 10.1 Å². The number of nitrogens with zero attached hydrogens (tertiary/aromatic N) is 1. The Morgan fingerprint density at radius 3 is 2.66 bits per heavy atom. The van der Waals surface area contributed by atoms with Gasteiger partial charge < -0.3 is 24.5 Å². The molecule has 5 rings (SSSR count). The zero-order chi connectivity index (χ0) is 26.6. The molecule has 1 aliphatic heterocycles. The lowest BCUT2D eigenvalue weighted by Crippen LogP contribution is -2.47. The summed E-state index contributed by atoms with van der Waals surface area (Å²) in [6, 6.07) is 17.1. The monoisotopic (exact) mass is 537 g/mol. The molecule has 4 atom stereocenters. The van der Waals surface area contributed by atoms with Gasteiger partial charge in [0.1, 0.15) is 23.5 Å². The van der Waals surface area contributed by atoms with Crippen LogP contribution in [0, 0.1) is 0 Å². The number of alkyl halides is 1. The van der Waals surface area contributed by atoms with Crippen molar-refractivity contribution in [3.05, 3.63) is 89.3 Å². The van der Waals surface area contributed by atoms with Crippen molar-refractivity contribution in [3.8, 4) is 5.75 Å². The number of oxazole rings is 1. The van der Waals surface area contributed by atoms with Crippen LogP contribution < -0.4 is 15.4 Å². The van der Waals surface area contributed by atoms with Crippen LogP contribution >= 0.6 is 11.6 Å². The van der Waals surface area contributed by atoms with Crippen LogP contribution in [0.1, 0.15) is 28.4 Å². The molecule has 0 saturated carbocycles. The first-order valence-electron chi connectivity index (χ1n) is 12.0. The molecule has 1 saturated heterocycles. The molecule has 8 nitrogen and oxygen atoms in total. The zero-order valence-electron chi connectivity index (χ0n) is 20.4. The number of ether oxygens (including phenoxy) is 2. The minimum atomic E-state index is -1.11. The van der Waals surface area contributed by atoms with E-state index in [1.807, 2.05) is 0 Å². The van der Waals surface area contributed by atoms with Gasteiger partial charge in [-0.25, -0.2) is 14.2 Å². The van der Waals surface area contributed by atoms with E-state index in [9.17, 15) is 14.0 Å². The van der Waals surface area contributed by atoms with Gasteiger partial charge in [0.05, 0.1) is 29.4 Å².